The predicted molar refractivity (Wildman–Crippen MR) is 57.4 cm³/mol. The molecule has 0 amide bonds. The third-order valence-corrected chi connectivity index (χ3v) is 1.78. The Labute approximate surface area is 83.3 Å². The van der Waals surface area contributed by atoms with Gasteiger partial charge in [0.1, 0.15) is 0 Å². The van der Waals surface area contributed by atoms with Crippen LogP contribution in [0.2, 0.25) is 0 Å². The van der Waals surface area contributed by atoms with E-state index in [9.17, 15) is 4.79 Å². The Kier molecular flexibility index (Phi) is 4.12. The number of hydrogen-bond acceptors (Lipinski definition) is 2. The van der Waals surface area contributed by atoms with Gasteiger partial charge in [-0.15, -0.1) is 6.58 Å². The van der Waals surface area contributed by atoms with E-state index in [0.29, 0.717) is 6.42 Å². The number of carbonyl (C=O) groups excluding carboxylic acids is 1. The fraction of sp³-hybridized carbons (Fsp3) is 0.0833. The van der Waals surface area contributed by atoms with Gasteiger partial charge in [-0.2, -0.15) is 4.99 Å². The molecule has 70 valence electrons. The third-order valence-electron chi connectivity index (χ3n) is 1.78. The van der Waals surface area contributed by atoms with E-state index < -0.39 is 0 Å². The fourth-order valence-corrected chi connectivity index (χ4v) is 1.16. The molecule has 14 heavy (non-hydrogen) atoms. The minimum absolute atomic E-state index is 0.690. The zero-order valence-electron chi connectivity index (χ0n) is 7.81. The second kappa shape index (κ2) is 5.68. The highest BCUT2D eigenvalue weighted by molar-refractivity contribution is 5.67. The largest absolute Gasteiger partial charge is 0.239 e. The number of aliphatic imine (C=N–C) groups is 1. The molecule has 0 aliphatic rings. The number of rotatable bonds is 4. The van der Waals surface area contributed by atoms with Crippen LogP contribution in [0.5, 0.6) is 0 Å². The molecule has 0 fully saturated rings. The van der Waals surface area contributed by atoms with Crippen molar-refractivity contribution >= 4 is 11.7 Å². The first-order valence-corrected chi connectivity index (χ1v) is 4.31. The van der Waals surface area contributed by atoms with Crippen LogP contribution in [0.1, 0.15) is 12.0 Å². The standard InChI is InChI=1S/C12H11NO/c1-2-6-12(9-13-10-14)11-7-4-3-5-8-11/h2-5,7-9H,1,6H2. The van der Waals surface area contributed by atoms with E-state index in [4.69, 9.17) is 0 Å². The molecule has 0 aromatic heterocycles. The summed E-state index contributed by atoms with van der Waals surface area (Å²) in [6.07, 6.45) is 5.48. The van der Waals surface area contributed by atoms with Crippen LogP contribution in [-0.4, -0.2) is 6.08 Å². The predicted octanol–water partition coefficient (Wildman–Crippen LogP) is 2.94. The Morgan fingerprint density at radius 3 is 2.71 bits per heavy atom. The van der Waals surface area contributed by atoms with E-state index in [1.165, 1.54) is 12.3 Å². The van der Waals surface area contributed by atoms with Crippen molar-refractivity contribution in [3.05, 3.63) is 54.8 Å². The van der Waals surface area contributed by atoms with Crippen molar-refractivity contribution < 1.29 is 4.79 Å². The molecular weight excluding hydrogens is 174 g/mol. The summed E-state index contributed by atoms with van der Waals surface area (Å²) >= 11 is 0. The Morgan fingerprint density at radius 2 is 2.14 bits per heavy atom. The second-order valence-electron chi connectivity index (χ2n) is 2.73. The number of benzene rings is 1. The normalized spacial score (nSPS) is 10.4. The van der Waals surface area contributed by atoms with Crippen molar-refractivity contribution in [1.82, 2.24) is 0 Å². The number of allylic oxidation sites excluding steroid dienone is 2. The maximum Gasteiger partial charge on any atom is 0.239 e. The van der Waals surface area contributed by atoms with Gasteiger partial charge in [-0.3, -0.25) is 0 Å². The molecule has 0 N–H and O–H groups in total. The van der Waals surface area contributed by atoms with Gasteiger partial charge in [0.2, 0.25) is 6.08 Å². The van der Waals surface area contributed by atoms with Crippen molar-refractivity contribution in [2.45, 2.75) is 6.42 Å². The van der Waals surface area contributed by atoms with Crippen molar-refractivity contribution in [3.63, 3.8) is 0 Å². The molecule has 2 nitrogen and oxygen atoms in total. The molecule has 2 heteroatoms. The van der Waals surface area contributed by atoms with E-state index in [1.807, 2.05) is 30.3 Å². The SMILES string of the molecule is C=CCC(=CN=C=O)c1ccccc1. The summed E-state index contributed by atoms with van der Waals surface area (Å²) < 4.78 is 0. The molecule has 0 heterocycles. The van der Waals surface area contributed by atoms with Gasteiger partial charge in [-0.25, -0.2) is 4.79 Å². The van der Waals surface area contributed by atoms with E-state index in [-0.39, 0.29) is 0 Å². The zero-order chi connectivity index (χ0) is 10.2. The Balaban J connectivity index is 2.99. The molecule has 0 bridgehead atoms. The summed E-state index contributed by atoms with van der Waals surface area (Å²) in [5.41, 5.74) is 2.01. The number of nitrogens with zero attached hydrogens (tertiary/aromatic N) is 1. The van der Waals surface area contributed by atoms with E-state index in [1.54, 1.807) is 6.08 Å². The summed E-state index contributed by atoms with van der Waals surface area (Å²) in [4.78, 5) is 13.4. The molecule has 1 rings (SSSR count). The van der Waals surface area contributed by atoms with Gasteiger partial charge < -0.3 is 0 Å². The zero-order valence-corrected chi connectivity index (χ0v) is 7.81. The summed E-state index contributed by atoms with van der Waals surface area (Å²) in [6.45, 7) is 3.65. The molecular formula is C12H11NO. The summed E-state index contributed by atoms with van der Waals surface area (Å²) in [5, 5.41) is 0. The van der Waals surface area contributed by atoms with Gasteiger partial charge in [0.15, 0.2) is 0 Å². The third kappa shape index (κ3) is 2.85. The van der Waals surface area contributed by atoms with Gasteiger partial charge in [-0.1, -0.05) is 36.4 Å². The monoisotopic (exact) mass is 185 g/mol. The molecule has 0 saturated heterocycles. The molecule has 1 aromatic rings. The molecule has 0 unspecified atom stereocenters. The summed E-state index contributed by atoms with van der Waals surface area (Å²) in [7, 11) is 0. The van der Waals surface area contributed by atoms with Crippen LogP contribution in [0, 0.1) is 0 Å². The van der Waals surface area contributed by atoms with Gasteiger partial charge >= 0.3 is 0 Å². The van der Waals surface area contributed by atoms with Crippen molar-refractivity contribution in [2.75, 3.05) is 0 Å². The average Bonchev–Trinajstić information content (AvgIpc) is 2.25. The highest BCUT2D eigenvalue weighted by Gasteiger charge is 1.97. The molecule has 0 spiro atoms. The van der Waals surface area contributed by atoms with E-state index in [0.717, 1.165) is 11.1 Å². The average molecular weight is 185 g/mol. The highest BCUT2D eigenvalue weighted by Crippen LogP contribution is 2.17. The number of isocyanates is 1. The van der Waals surface area contributed by atoms with Crippen LogP contribution in [0.25, 0.3) is 5.57 Å². The quantitative estimate of drug-likeness (QED) is 0.403. The van der Waals surface area contributed by atoms with Crippen LogP contribution in [0.3, 0.4) is 0 Å². The van der Waals surface area contributed by atoms with Gasteiger partial charge in [-0.05, 0) is 17.6 Å². The highest BCUT2D eigenvalue weighted by atomic mass is 16.1. The lowest BCUT2D eigenvalue weighted by molar-refractivity contribution is 0.565. The number of hydrogen-bond donors (Lipinski definition) is 0. The minimum atomic E-state index is 0.690. The fourth-order valence-electron chi connectivity index (χ4n) is 1.16. The maximum atomic E-state index is 9.98. The first kappa shape index (κ1) is 10.2. The summed E-state index contributed by atoms with van der Waals surface area (Å²) in [6, 6.07) is 9.76. The van der Waals surface area contributed by atoms with Crippen molar-refractivity contribution in [1.29, 1.82) is 0 Å². The maximum absolute atomic E-state index is 9.98. The Morgan fingerprint density at radius 1 is 1.43 bits per heavy atom. The van der Waals surface area contributed by atoms with Crippen molar-refractivity contribution in [3.8, 4) is 0 Å². The van der Waals surface area contributed by atoms with Gasteiger partial charge in [0.25, 0.3) is 0 Å². The van der Waals surface area contributed by atoms with Gasteiger partial charge in [0.05, 0.1) is 0 Å². The lowest BCUT2D eigenvalue weighted by Crippen LogP contribution is -1.81. The van der Waals surface area contributed by atoms with E-state index in [2.05, 4.69) is 11.6 Å². The molecule has 1 aromatic carbocycles. The van der Waals surface area contributed by atoms with Gasteiger partial charge in [0, 0.05) is 6.20 Å². The van der Waals surface area contributed by atoms with Crippen LogP contribution in [0.4, 0.5) is 0 Å². The smallest absolute Gasteiger partial charge is 0.211 e. The molecule has 0 saturated carbocycles. The summed E-state index contributed by atoms with van der Waals surface area (Å²) in [5.74, 6) is 0. The van der Waals surface area contributed by atoms with Crippen LogP contribution in [-0.2, 0) is 4.79 Å². The molecule has 0 aliphatic heterocycles. The van der Waals surface area contributed by atoms with Crippen molar-refractivity contribution in [2.24, 2.45) is 4.99 Å². The first-order valence-electron chi connectivity index (χ1n) is 4.31. The Hall–Kier alpha value is -1.92. The lowest BCUT2D eigenvalue weighted by Gasteiger charge is -2.01. The molecule has 0 radical (unpaired) electrons. The Bertz CT molecular complexity index is 373. The first-order chi connectivity index (χ1) is 6.88. The topological polar surface area (TPSA) is 29.4 Å². The molecule has 0 atom stereocenters. The van der Waals surface area contributed by atoms with Crippen LogP contribution >= 0.6 is 0 Å². The minimum Gasteiger partial charge on any atom is -0.211 e. The van der Waals surface area contributed by atoms with E-state index >= 15 is 0 Å². The second-order valence-corrected chi connectivity index (χ2v) is 2.73. The van der Waals surface area contributed by atoms with Crippen LogP contribution < -0.4 is 0 Å². The van der Waals surface area contributed by atoms with Crippen LogP contribution in [0.15, 0.2) is 54.2 Å². The molecule has 0 aliphatic carbocycles. The lowest BCUT2D eigenvalue weighted by atomic mass is 10.0.